The molecule has 0 unspecified atom stereocenters. The number of hydrogen-bond donors (Lipinski definition) is 2. The van der Waals surface area contributed by atoms with Crippen LogP contribution in [-0.2, 0) is 4.79 Å². The summed E-state index contributed by atoms with van der Waals surface area (Å²) in [4.78, 5) is 33.3. The lowest BCUT2D eigenvalue weighted by molar-refractivity contribution is -0.116. The van der Waals surface area contributed by atoms with Crippen molar-refractivity contribution in [3.05, 3.63) is 89.0 Å². The van der Waals surface area contributed by atoms with Gasteiger partial charge in [-0.15, -0.1) is 0 Å². The maximum absolute atomic E-state index is 13.3. The number of aromatic nitrogens is 1. The summed E-state index contributed by atoms with van der Waals surface area (Å²) in [7, 11) is 2.05. The third-order valence-electron chi connectivity index (χ3n) is 5.72. The highest BCUT2D eigenvalue weighted by Crippen LogP contribution is 2.23. The van der Waals surface area contributed by atoms with Crippen LogP contribution < -0.4 is 5.32 Å². The summed E-state index contributed by atoms with van der Waals surface area (Å²) in [6.07, 6.45) is 12.1. The van der Waals surface area contributed by atoms with E-state index in [0.717, 1.165) is 30.4 Å². The maximum Gasteiger partial charge on any atom is 0.256 e. The van der Waals surface area contributed by atoms with Crippen LogP contribution in [-0.4, -0.2) is 71.3 Å². The Balaban J connectivity index is 2.16. The fourth-order valence-electron chi connectivity index (χ4n) is 3.73. The van der Waals surface area contributed by atoms with E-state index in [4.69, 9.17) is 0 Å². The molecule has 1 aromatic rings. The predicted molar refractivity (Wildman–Crippen MR) is 150 cm³/mol. The summed E-state index contributed by atoms with van der Waals surface area (Å²) in [5, 5.41) is 2.73. The first-order valence-electron chi connectivity index (χ1n) is 12.1. The molecular weight excluding hydrogens is 494 g/mol. The Labute approximate surface area is 222 Å². The molecule has 6 nitrogen and oxygen atoms in total. The number of allylic oxidation sites excluding steroid dienone is 5. The van der Waals surface area contributed by atoms with Crippen LogP contribution in [0.15, 0.2) is 66.5 Å². The smallest absolute Gasteiger partial charge is 0.256 e. The Hall–Kier alpha value is -3.17. The fraction of sp³-hybridized carbons (Fsp3) is 0.357. The lowest BCUT2D eigenvalue weighted by atomic mass is 10.1. The van der Waals surface area contributed by atoms with Crippen LogP contribution in [0.25, 0.3) is 6.08 Å². The maximum atomic E-state index is 13.3. The van der Waals surface area contributed by atoms with Crippen molar-refractivity contribution in [3.63, 3.8) is 0 Å². The molecule has 0 atom stereocenters. The van der Waals surface area contributed by atoms with E-state index in [0.29, 0.717) is 41.4 Å². The summed E-state index contributed by atoms with van der Waals surface area (Å²) in [5.41, 5.74) is 3.35. The number of halogens is 2. The molecule has 1 aromatic heterocycles. The van der Waals surface area contributed by atoms with Crippen LogP contribution in [0.2, 0.25) is 0 Å². The van der Waals surface area contributed by atoms with E-state index >= 15 is 0 Å². The summed E-state index contributed by atoms with van der Waals surface area (Å²) < 4.78 is 25.9. The number of nitrogens with one attached hydrogen (secondary N) is 2. The molecule has 2 heterocycles. The highest BCUT2D eigenvalue weighted by molar-refractivity contribution is 7.99. The van der Waals surface area contributed by atoms with E-state index < -0.39 is 11.7 Å². The quantitative estimate of drug-likeness (QED) is 0.233. The number of amides is 2. The Morgan fingerprint density at radius 1 is 1.11 bits per heavy atom. The minimum absolute atomic E-state index is 0.000949. The van der Waals surface area contributed by atoms with Crippen molar-refractivity contribution in [1.82, 2.24) is 20.1 Å². The number of thioether (sulfide) groups is 1. The normalized spacial score (nSPS) is 15.9. The van der Waals surface area contributed by atoms with E-state index in [-0.39, 0.29) is 11.8 Å². The molecule has 2 N–H and O–H groups in total. The molecule has 2 amide bonds. The number of piperazine rings is 1. The number of rotatable bonds is 11. The number of carbonyl (C=O) groups excluding carboxylic acids is 2. The van der Waals surface area contributed by atoms with Crippen molar-refractivity contribution in [1.29, 1.82) is 0 Å². The molecule has 1 saturated heterocycles. The summed E-state index contributed by atoms with van der Waals surface area (Å²) in [6, 6.07) is 0. The third-order valence-corrected chi connectivity index (χ3v) is 6.58. The number of H-pyrrole nitrogens is 1. The molecular formula is C28H36F2N4O2S. The van der Waals surface area contributed by atoms with Crippen molar-refractivity contribution < 1.29 is 18.4 Å². The molecule has 1 aliphatic heterocycles. The van der Waals surface area contributed by atoms with Gasteiger partial charge in [0.1, 0.15) is 11.7 Å². The van der Waals surface area contributed by atoms with Crippen molar-refractivity contribution in [2.24, 2.45) is 0 Å². The van der Waals surface area contributed by atoms with Crippen molar-refractivity contribution in [2.75, 3.05) is 44.7 Å². The number of hydrogen-bond acceptors (Lipinski definition) is 4. The molecule has 0 aliphatic carbocycles. The second-order valence-electron chi connectivity index (χ2n) is 8.65. The average molecular weight is 531 g/mol. The van der Waals surface area contributed by atoms with Crippen LogP contribution in [0.1, 0.15) is 34.2 Å². The number of nitrogens with zero attached hydrogens (tertiary/aromatic N) is 2. The molecule has 200 valence electrons. The molecule has 9 heteroatoms. The Morgan fingerprint density at radius 2 is 1.76 bits per heavy atom. The Morgan fingerprint density at radius 3 is 2.38 bits per heavy atom. The van der Waals surface area contributed by atoms with Crippen molar-refractivity contribution in [3.8, 4) is 0 Å². The number of aromatic amines is 1. The van der Waals surface area contributed by atoms with Gasteiger partial charge in [0.05, 0.1) is 5.56 Å². The molecule has 0 radical (unpaired) electrons. The lowest BCUT2D eigenvalue weighted by Crippen LogP contribution is -2.47. The third kappa shape index (κ3) is 9.66. The first kappa shape index (κ1) is 30.1. The van der Waals surface area contributed by atoms with Crippen LogP contribution in [0, 0.1) is 13.8 Å². The Bertz CT molecular complexity index is 1120. The molecule has 0 spiro atoms. The zero-order chi connectivity index (χ0) is 27.4. The predicted octanol–water partition coefficient (Wildman–Crippen LogP) is 5.23. The molecule has 0 aromatic carbocycles. The molecule has 0 saturated carbocycles. The zero-order valence-corrected chi connectivity index (χ0v) is 22.8. The topological polar surface area (TPSA) is 68.4 Å². The van der Waals surface area contributed by atoms with Crippen LogP contribution in [0.5, 0.6) is 0 Å². The van der Waals surface area contributed by atoms with Gasteiger partial charge in [0, 0.05) is 60.7 Å². The fourth-order valence-corrected chi connectivity index (χ4v) is 4.33. The second-order valence-corrected chi connectivity index (χ2v) is 9.73. The zero-order valence-electron chi connectivity index (χ0n) is 21.9. The van der Waals surface area contributed by atoms with E-state index in [1.54, 1.807) is 37.4 Å². The van der Waals surface area contributed by atoms with Crippen molar-refractivity contribution >= 4 is 29.7 Å². The molecule has 37 heavy (non-hydrogen) atoms. The van der Waals surface area contributed by atoms with Gasteiger partial charge in [-0.1, -0.05) is 30.9 Å². The summed E-state index contributed by atoms with van der Waals surface area (Å²) in [6.45, 7) is 11.6. The van der Waals surface area contributed by atoms with Crippen LogP contribution >= 0.6 is 11.8 Å². The van der Waals surface area contributed by atoms with E-state index in [1.807, 2.05) is 31.9 Å². The van der Waals surface area contributed by atoms with Gasteiger partial charge in [0.25, 0.3) is 11.8 Å². The Kier molecular flexibility index (Phi) is 12.3. The van der Waals surface area contributed by atoms with Crippen LogP contribution in [0.4, 0.5) is 8.78 Å². The van der Waals surface area contributed by atoms with Crippen molar-refractivity contribution in [2.45, 2.75) is 20.8 Å². The standard InChI is InChI=1S/C28H36F2N4O2S/c1-6-11-31-27(35)23(9-7-16-37-17-8-10-24(30)18-20(2)29)19-25-21(3)26(22(4)32-25)28(36)34-14-12-33(5)13-15-34/h6-11,18-19,32H,2,12-17H2,1,3-5H3,(H,31,35)/b9-7+,10-8+,11-6+,23-19-,24-18+. The first-order chi connectivity index (χ1) is 17.6. The SMILES string of the molecule is C=C(F)/C=C(F)\C=C\CSC/C=C/C(=C/c1[nH]c(C)c(C(=O)N2CCN(C)CC2)c1C)C(=O)N/C=C/C. The van der Waals surface area contributed by atoms with E-state index in [9.17, 15) is 18.4 Å². The van der Waals surface area contributed by atoms with Gasteiger partial charge in [0.2, 0.25) is 0 Å². The minimum atomic E-state index is -0.837. The monoisotopic (exact) mass is 530 g/mol. The highest BCUT2D eigenvalue weighted by atomic mass is 32.2. The number of aryl methyl sites for hydroxylation is 1. The lowest BCUT2D eigenvalue weighted by Gasteiger charge is -2.32. The van der Waals surface area contributed by atoms with Gasteiger partial charge < -0.3 is 20.1 Å². The molecule has 1 aliphatic rings. The average Bonchev–Trinajstić information content (AvgIpc) is 3.13. The summed E-state index contributed by atoms with van der Waals surface area (Å²) in [5.74, 6) is -0.720. The first-order valence-corrected chi connectivity index (χ1v) is 13.2. The van der Waals surface area contributed by atoms with Gasteiger partial charge in [-0.3, -0.25) is 9.59 Å². The highest BCUT2D eigenvalue weighted by Gasteiger charge is 2.25. The van der Waals surface area contributed by atoms with Gasteiger partial charge in [0.15, 0.2) is 0 Å². The van der Waals surface area contributed by atoms with Gasteiger partial charge in [-0.05, 0) is 51.7 Å². The van der Waals surface area contributed by atoms with Gasteiger partial charge in [-0.25, -0.2) is 8.78 Å². The van der Waals surface area contributed by atoms with Crippen LogP contribution in [0.3, 0.4) is 0 Å². The minimum Gasteiger partial charge on any atom is -0.358 e. The van der Waals surface area contributed by atoms with E-state index in [2.05, 4.69) is 21.8 Å². The van der Waals surface area contributed by atoms with Gasteiger partial charge in [-0.2, -0.15) is 11.8 Å². The van der Waals surface area contributed by atoms with Gasteiger partial charge >= 0.3 is 0 Å². The number of likely N-dealkylation sites (N-methyl/N-ethyl adjacent to an activating group) is 1. The largest absolute Gasteiger partial charge is 0.358 e. The number of carbonyl (C=O) groups is 2. The molecule has 2 rings (SSSR count). The second kappa shape index (κ2) is 15.2. The van der Waals surface area contributed by atoms with E-state index in [1.165, 1.54) is 17.8 Å². The molecule has 0 bridgehead atoms. The molecule has 1 fully saturated rings. The summed E-state index contributed by atoms with van der Waals surface area (Å²) >= 11 is 1.50.